The van der Waals surface area contributed by atoms with Crippen molar-refractivity contribution in [3.63, 3.8) is 0 Å². The molecule has 13 heteroatoms. The molecule has 4 aromatic rings. The highest BCUT2D eigenvalue weighted by Crippen LogP contribution is 2.41. The van der Waals surface area contributed by atoms with Crippen molar-refractivity contribution in [2.24, 2.45) is 0 Å². The molecule has 8 nitrogen and oxygen atoms in total. The zero-order valence-electron chi connectivity index (χ0n) is 25.6. The minimum absolute atomic E-state index is 0.0215. The van der Waals surface area contributed by atoms with Crippen LogP contribution in [0.5, 0.6) is 17.2 Å². The standard InChI is InChI=1S/C34H29F5N2O6/c1-5-46-27(42)16-25-22-14-19(13-18(3)29(22)36)28-17(2)7-6-8-26(28)47-20-9-10-24(35)21(15-20)30(32(43)40-25)41-12-11-23(34(37,38)39)31(45-4)33(41)44/h6-15,25,30H,5,16H2,1-4H3,(H,40,43)/t25-,30-/m0/s1. The van der Waals surface area contributed by atoms with Crippen LogP contribution in [0, 0.1) is 25.5 Å². The summed E-state index contributed by atoms with van der Waals surface area (Å²) in [6.45, 7) is 4.83. The summed E-state index contributed by atoms with van der Waals surface area (Å²) in [6, 6.07) is 8.68. The number of hydrogen-bond donors (Lipinski definition) is 1. The van der Waals surface area contributed by atoms with Crippen molar-refractivity contribution >= 4 is 11.9 Å². The van der Waals surface area contributed by atoms with E-state index in [1.165, 1.54) is 19.1 Å². The highest BCUT2D eigenvalue weighted by molar-refractivity contribution is 5.85. The molecule has 1 N–H and O–H groups in total. The van der Waals surface area contributed by atoms with Gasteiger partial charge in [0.25, 0.3) is 5.56 Å². The van der Waals surface area contributed by atoms with Crippen LogP contribution >= 0.6 is 0 Å². The van der Waals surface area contributed by atoms with Crippen molar-refractivity contribution in [3.8, 4) is 28.4 Å². The Kier molecular flexibility index (Phi) is 9.10. The number of rotatable bonds is 5. The molecule has 0 fully saturated rings. The van der Waals surface area contributed by atoms with Gasteiger partial charge in [-0.15, -0.1) is 0 Å². The van der Waals surface area contributed by atoms with E-state index in [1.54, 1.807) is 38.1 Å². The molecule has 47 heavy (non-hydrogen) atoms. The number of carbonyl (C=O) groups excluding carboxylic acids is 2. The van der Waals surface area contributed by atoms with Gasteiger partial charge in [0.1, 0.15) is 34.7 Å². The van der Waals surface area contributed by atoms with Gasteiger partial charge in [-0.2, -0.15) is 13.2 Å². The first-order valence-electron chi connectivity index (χ1n) is 14.4. The third-order valence-electron chi connectivity index (χ3n) is 7.78. The van der Waals surface area contributed by atoms with Gasteiger partial charge in [-0.3, -0.25) is 19.0 Å². The maximum atomic E-state index is 15.9. The lowest BCUT2D eigenvalue weighted by Crippen LogP contribution is -2.41. The number of pyridine rings is 1. The van der Waals surface area contributed by atoms with Crippen LogP contribution in [0.15, 0.2) is 65.6 Å². The summed E-state index contributed by atoms with van der Waals surface area (Å²) < 4.78 is 89.4. The summed E-state index contributed by atoms with van der Waals surface area (Å²) >= 11 is 0. The molecule has 1 amide bonds. The van der Waals surface area contributed by atoms with Crippen molar-refractivity contribution in [1.82, 2.24) is 9.88 Å². The summed E-state index contributed by atoms with van der Waals surface area (Å²) in [5, 5.41) is 2.54. The molecule has 2 atom stereocenters. The number of benzene rings is 3. The molecule has 5 rings (SSSR count). The van der Waals surface area contributed by atoms with E-state index in [-0.39, 0.29) is 29.2 Å². The Bertz CT molecular complexity index is 1940. The van der Waals surface area contributed by atoms with Gasteiger partial charge in [0.05, 0.1) is 26.2 Å². The molecule has 0 saturated carbocycles. The Labute approximate surface area is 265 Å². The lowest BCUT2D eigenvalue weighted by atomic mass is 9.92. The van der Waals surface area contributed by atoms with E-state index < -0.39 is 70.6 Å². The fourth-order valence-electron chi connectivity index (χ4n) is 5.66. The van der Waals surface area contributed by atoms with E-state index >= 15 is 8.78 Å². The van der Waals surface area contributed by atoms with Gasteiger partial charge in [0.15, 0.2) is 5.75 Å². The molecule has 1 aromatic heterocycles. The third kappa shape index (κ3) is 6.42. The molecule has 4 bridgehead atoms. The highest BCUT2D eigenvalue weighted by Gasteiger charge is 2.38. The Morgan fingerprint density at radius 1 is 1.00 bits per heavy atom. The number of methoxy groups -OCH3 is 1. The van der Waals surface area contributed by atoms with Crippen molar-refractivity contribution in [1.29, 1.82) is 0 Å². The maximum Gasteiger partial charge on any atom is 0.420 e. The second-order valence-corrected chi connectivity index (χ2v) is 10.9. The molecular formula is C34H29F5N2O6. The fraction of sp³-hybridized carbons (Fsp3) is 0.265. The van der Waals surface area contributed by atoms with Crippen LogP contribution in [0.25, 0.3) is 11.1 Å². The van der Waals surface area contributed by atoms with Crippen LogP contribution in [0.1, 0.15) is 53.2 Å². The summed E-state index contributed by atoms with van der Waals surface area (Å²) in [4.78, 5) is 40.5. The lowest BCUT2D eigenvalue weighted by molar-refractivity contribution is -0.144. The van der Waals surface area contributed by atoms with E-state index in [0.717, 1.165) is 24.8 Å². The predicted octanol–water partition coefficient (Wildman–Crippen LogP) is 6.94. The lowest BCUT2D eigenvalue weighted by Gasteiger charge is -2.26. The molecule has 0 unspecified atom stereocenters. The van der Waals surface area contributed by atoms with E-state index in [2.05, 4.69) is 5.32 Å². The molecule has 0 radical (unpaired) electrons. The maximum absolute atomic E-state index is 15.9. The van der Waals surface area contributed by atoms with E-state index in [1.807, 2.05) is 0 Å². The van der Waals surface area contributed by atoms with Gasteiger partial charge < -0.3 is 19.5 Å². The Morgan fingerprint density at radius 3 is 2.43 bits per heavy atom. The average molecular weight is 657 g/mol. The van der Waals surface area contributed by atoms with Gasteiger partial charge in [-0.25, -0.2) is 8.78 Å². The molecule has 1 aliphatic heterocycles. The molecule has 0 aliphatic carbocycles. The minimum Gasteiger partial charge on any atom is -0.491 e. The van der Waals surface area contributed by atoms with E-state index in [0.29, 0.717) is 28.0 Å². The van der Waals surface area contributed by atoms with Crippen molar-refractivity contribution < 1.29 is 45.8 Å². The second-order valence-electron chi connectivity index (χ2n) is 10.9. The number of hydrogen-bond acceptors (Lipinski definition) is 6. The highest BCUT2D eigenvalue weighted by atomic mass is 19.4. The smallest absolute Gasteiger partial charge is 0.420 e. The van der Waals surface area contributed by atoms with Gasteiger partial charge >= 0.3 is 12.1 Å². The number of nitrogens with zero attached hydrogens (tertiary/aromatic N) is 1. The summed E-state index contributed by atoms with van der Waals surface area (Å²) in [7, 11) is 0.850. The number of esters is 1. The monoisotopic (exact) mass is 656 g/mol. The van der Waals surface area contributed by atoms with Gasteiger partial charge in [-0.05, 0) is 79.9 Å². The average Bonchev–Trinajstić information content (AvgIpc) is 3.00. The van der Waals surface area contributed by atoms with Crippen LogP contribution in [0.3, 0.4) is 0 Å². The Morgan fingerprint density at radius 2 is 1.74 bits per heavy atom. The third-order valence-corrected chi connectivity index (χ3v) is 7.78. The molecule has 1 aliphatic rings. The molecule has 3 aromatic carbocycles. The fourth-order valence-corrected chi connectivity index (χ4v) is 5.66. The zero-order chi connectivity index (χ0) is 34.2. The van der Waals surface area contributed by atoms with Crippen LogP contribution in [0.4, 0.5) is 22.0 Å². The molecule has 0 spiro atoms. The first-order valence-corrected chi connectivity index (χ1v) is 14.4. The topological polar surface area (TPSA) is 95.9 Å². The minimum atomic E-state index is -4.99. The van der Waals surface area contributed by atoms with Crippen molar-refractivity contribution in [2.45, 2.75) is 45.5 Å². The van der Waals surface area contributed by atoms with Crippen molar-refractivity contribution in [2.75, 3.05) is 13.7 Å². The molecule has 2 heterocycles. The normalized spacial score (nSPS) is 16.1. The Balaban J connectivity index is 1.83. The molecular weight excluding hydrogens is 627 g/mol. The first kappa shape index (κ1) is 33.2. The zero-order valence-corrected chi connectivity index (χ0v) is 25.6. The summed E-state index contributed by atoms with van der Waals surface area (Å²) in [5.74, 6) is -4.54. The molecule has 246 valence electrons. The number of halogens is 5. The van der Waals surface area contributed by atoms with Crippen LogP contribution in [-0.2, 0) is 20.5 Å². The quantitative estimate of drug-likeness (QED) is 0.185. The first-order chi connectivity index (χ1) is 22.2. The van der Waals surface area contributed by atoms with E-state index in [9.17, 15) is 27.6 Å². The number of aryl methyl sites for hydroxylation is 2. The number of fused-ring (bicyclic) bond motifs is 6. The van der Waals surface area contributed by atoms with Crippen LogP contribution in [0.2, 0.25) is 0 Å². The Hall–Kier alpha value is -5.20. The number of ether oxygens (including phenoxy) is 3. The predicted molar refractivity (Wildman–Crippen MR) is 160 cm³/mol. The number of alkyl halides is 3. The van der Waals surface area contributed by atoms with Crippen LogP contribution < -0.4 is 20.3 Å². The largest absolute Gasteiger partial charge is 0.491 e. The number of amides is 1. The van der Waals surface area contributed by atoms with Gasteiger partial charge in [-0.1, -0.05) is 12.1 Å². The van der Waals surface area contributed by atoms with E-state index in [4.69, 9.17) is 14.2 Å². The van der Waals surface area contributed by atoms with Crippen LogP contribution in [-0.4, -0.2) is 30.2 Å². The number of aromatic nitrogens is 1. The number of carbonyl (C=O) groups is 2. The molecule has 0 saturated heterocycles. The summed E-state index contributed by atoms with van der Waals surface area (Å²) in [6.07, 6.45) is -4.88. The SMILES string of the molecule is CCOC(=O)C[C@@H]1NC(=O)[C@@H](n2ccc(C(F)(F)F)c(OC)c2=O)c2cc(ccc2F)Oc2cccc(C)c2-c2cc(C)c(F)c1c2. The second kappa shape index (κ2) is 12.9. The van der Waals surface area contributed by atoms with Gasteiger partial charge in [0, 0.05) is 22.9 Å². The summed E-state index contributed by atoms with van der Waals surface area (Å²) in [5.41, 5.74) is -1.48. The number of nitrogens with one attached hydrogen (secondary N) is 1. The van der Waals surface area contributed by atoms with Gasteiger partial charge in [0.2, 0.25) is 5.91 Å². The van der Waals surface area contributed by atoms with Crippen molar-refractivity contribution in [3.05, 3.63) is 111 Å².